The number of carbonyl (C=O) groups excluding carboxylic acids is 1. The molecule has 176 valence electrons. The van der Waals surface area contributed by atoms with E-state index < -0.39 is 5.97 Å². The Hall–Kier alpha value is -2.90. The van der Waals surface area contributed by atoms with E-state index in [4.69, 9.17) is 5.11 Å². The molecule has 1 saturated carbocycles. The Balaban J connectivity index is 1.63. The van der Waals surface area contributed by atoms with E-state index >= 15 is 0 Å². The van der Waals surface area contributed by atoms with Crippen LogP contribution < -0.4 is 0 Å². The Morgan fingerprint density at radius 3 is 2.42 bits per heavy atom. The van der Waals surface area contributed by atoms with Crippen LogP contribution in [0.15, 0.2) is 48.5 Å². The number of hydrogen-bond acceptors (Lipinski definition) is 5. The van der Waals surface area contributed by atoms with Crippen LogP contribution in [0.2, 0.25) is 0 Å². The summed E-state index contributed by atoms with van der Waals surface area (Å²) in [6, 6.07) is 14.9. The third-order valence-corrected chi connectivity index (χ3v) is 6.66. The van der Waals surface area contributed by atoms with E-state index in [1.165, 1.54) is 31.3 Å². The van der Waals surface area contributed by atoms with Crippen molar-refractivity contribution in [3.63, 3.8) is 0 Å². The third-order valence-electron chi connectivity index (χ3n) is 6.66. The van der Waals surface area contributed by atoms with E-state index in [0.717, 1.165) is 36.7 Å². The summed E-state index contributed by atoms with van der Waals surface area (Å²) in [6.07, 6.45) is 2.69. The van der Waals surface area contributed by atoms with Crippen LogP contribution in [0.1, 0.15) is 47.3 Å². The maximum Gasteiger partial charge on any atom is 0.323 e. The average Bonchev–Trinajstić information content (AvgIpc) is 3.59. The van der Waals surface area contributed by atoms with Crippen LogP contribution in [-0.4, -0.2) is 82.6 Å². The first kappa shape index (κ1) is 23.3. The van der Waals surface area contributed by atoms with E-state index in [1.54, 1.807) is 18.2 Å². The quantitative estimate of drug-likeness (QED) is 0.642. The molecular formula is C26H33N3O4. The molecule has 2 unspecified atom stereocenters. The van der Waals surface area contributed by atoms with Gasteiger partial charge in [-0.1, -0.05) is 24.3 Å². The van der Waals surface area contributed by atoms with Gasteiger partial charge in [0.2, 0.25) is 0 Å². The first-order valence-electron chi connectivity index (χ1n) is 11.7. The molecule has 0 bridgehead atoms. The van der Waals surface area contributed by atoms with Gasteiger partial charge in [-0.15, -0.1) is 0 Å². The molecule has 7 heteroatoms. The molecular weight excluding hydrogens is 418 g/mol. The highest BCUT2D eigenvalue weighted by molar-refractivity contribution is 5.95. The number of amides is 1. The Morgan fingerprint density at radius 2 is 1.79 bits per heavy atom. The molecule has 2 aliphatic rings. The number of carbonyl (C=O) groups is 2. The Labute approximate surface area is 195 Å². The number of benzene rings is 2. The van der Waals surface area contributed by atoms with Crippen molar-refractivity contribution in [3.8, 4) is 5.75 Å². The summed E-state index contributed by atoms with van der Waals surface area (Å²) in [4.78, 5) is 30.1. The molecule has 2 N–H and O–H groups in total. The standard InChI is InChI=1S/C26H33N3O4/c1-18-15-28(16-19-9-10-19)11-12-29(18)25(21-6-4-8-23(30)14-21)20-5-3-7-22(13-20)26(33)27(2)17-24(31)32/h3-8,13-14,18-19,25,30H,9-12,15-17H2,1-2H3,(H,31,32). The number of phenols is 1. The van der Waals surface area contributed by atoms with Gasteiger partial charge in [0.1, 0.15) is 12.3 Å². The minimum Gasteiger partial charge on any atom is -0.508 e. The van der Waals surface area contributed by atoms with Crippen LogP contribution in [0.4, 0.5) is 0 Å². The monoisotopic (exact) mass is 451 g/mol. The maximum atomic E-state index is 12.8. The fourth-order valence-electron chi connectivity index (χ4n) is 4.87. The van der Waals surface area contributed by atoms with Gasteiger partial charge in [0.05, 0.1) is 6.04 Å². The summed E-state index contributed by atoms with van der Waals surface area (Å²) in [7, 11) is 1.50. The molecule has 1 aliphatic heterocycles. The molecule has 4 rings (SSSR count). The molecule has 33 heavy (non-hydrogen) atoms. The van der Waals surface area contributed by atoms with Gasteiger partial charge in [-0.3, -0.25) is 14.5 Å². The van der Waals surface area contributed by atoms with Crippen LogP contribution in [0.25, 0.3) is 0 Å². The predicted molar refractivity (Wildman–Crippen MR) is 126 cm³/mol. The van der Waals surface area contributed by atoms with Crippen molar-refractivity contribution in [1.29, 1.82) is 0 Å². The lowest BCUT2D eigenvalue weighted by Crippen LogP contribution is -2.53. The Bertz CT molecular complexity index is 1010. The highest BCUT2D eigenvalue weighted by Crippen LogP contribution is 2.35. The third kappa shape index (κ3) is 5.72. The van der Waals surface area contributed by atoms with E-state index in [0.29, 0.717) is 11.6 Å². The molecule has 7 nitrogen and oxygen atoms in total. The van der Waals surface area contributed by atoms with E-state index in [2.05, 4.69) is 16.7 Å². The van der Waals surface area contributed by atoms with E-state index in [1.807, 2.05) is 30.3 Å². The second kappa shape index (κ2) is 9.93. The molecule has 2 atom stereocenters. The van der Waals surface area contributed by atoms with Crippen molar-refractivity contribution in [2.45, 2.75) is 31.8 Å². The van der Waals surface area contributed by atoms with Crippen molar-refractivity contribution >= 4 is 11.9 Å². The number of rotatable bonds is 8. The lowest BCUT2D eigenvalue weighted by atomic mass is 9.93. The molecule has 1 amide bonds. The van der Waals surface area contributed by atoms with Gasteiger partial charge in [-0.2, -0.15) is 0 Å². The van der Waals surface area contributed by atoms with Crippen LogP contribution in [0.5, 0.6) is 5.75 Å². The zero-order valence-corrected chi connectivity index (χ0v) is 19.4. The lowest BCUT2D eigenvalue weighted by Gasteiger charge is -2.44. The topological polar surface area (TPSA) is 84.3 Å². The number of likely N-dealkylation sites (N-methyl/N-ethyl adjacent to an activating group) is 1. The first-order valence-corrected chi connectivity index (χ1v) is 11.7. The van der Waals surface area contributed by atoms with Gasteiger partial charge in [0, 0.05) is 44.8 Å². The summed E-state index contributed by atoms with van der Waals surface area (Å²) in [5, 5.41) is 19.2. The second-order valence-electron chi connectivity index (χ2n) is 9.47. The number of piperazine rings is 1. The van der Waals surface area contributed by atoms with Crippen molar-refractivity contribution in [3.05, 3.63) is 65.2 Å². The Morgan fingerprint density at radius 1 is 1.09 bits per heavy atom. The number of carboxylic acids is 1. The minimum absolute atomic E-state index is 0.118. The smallest absolute Gasteiger partial charge is 0.323 e. The molecule has 1 saturated heterocycles. The number of carboxylic acid groups (broad SMARTS) is 1. The molecule has 2 aromatic rings. The summed E-state index contributed by atoms with van der Waals surface area (Å²) in [6.45, 7) is 5.95. The highest BCUT2D eigenvalue weighted by atomic mass is 16.4. The van der Waals surface area contributed by atoms with Crippen LogP contribution in [0.3, 0.4) is 0 Å². The predicted octanol–water partition coefficient (Wildman–Crippen LogP) is 3.05. The number of aliphatic carboxylic acids is 1. The first-order chi connectivity index (χ1) is 15.8. The van der Waals surface area contributed by atoms with Crippen molar-refractivity contribution in [2.24, 2.45) is 5.92 Å². The zero-order valence-electron chi connectivity index (χ0n) is 19.4. The van der Waals surface area contributed by atoms with Crippen LogP contribution in [0, 0.1) is 5.92 Å². The number of nitrogens with zero attached hydrogens (tertiary/aromatic N) is 3. The van der Waals surface area contributed by atoms with Crippen LogP contribution in [-0.2, 0) is 4.79 Å². The fourth-order valence-corrected chi connectivity index (χ4v) is 4.87. The molecule has 2 fully saturated rings. The van der Waals surface area contributed by atoms with Gasteiger partial charge < -0.3 is 20.0 Å². The molecule has 0 spiro atoms. The molecule has 2 aromatic carbocycles. The van der Waals surface area contributed by atoms with Crippen molar-refractivity contribution in [2.75, 3.05) is 39.8 Å². The second-order valence-corrected chi connectivity index (χ2v) is 9.47. The van der Waals surface area contributed by atoms with Gasteiger partial charge in [0.15, 0.2) is 0 Å². The van der Waals surface area contributed by atoms with Gasteiger partial charge in [-0.25, -0.2) is 0 Å². The Kier molecular flexibility index (Phi) is 7.00. The molecule has 0 radical (unpaired) electrons. The fraction of sp³-hybridized carbons (Fsp3) is 0.462. The van der Waals surface area contributed by atoms with Gasteiger partial charge in [0.25, 0.3) is 5.91 Å². The van der Waals surface area contributed by atoms with Gasteiger partial charge in [-0.05, 0) is 61.1 Å². The largest absolute Gasteiger partial charge is 0.508 e. The summed E-state index contributed by atoms with van der Waals surface area (Å²) in [5.74, 6) is -0.296. The van der Waals surface area contributed by atoms with Gasteiger partial charge >= 0.3 is 5.97 Å². The average molecular weight is 452 g/mol. The summed E-state index contributed by atoms with van der Waals surface area (Å²) >= 11 is 0. The highest BCUT2D eigenvalue weighted by Gasteiger charge is 2.34. The SMILES string of the molecule is CC1CN(CC2CC2)CCN1C(c1cccc(O)c1)c1cccc(C(=O)N(C)CC(=O)O)c1. The summed E-state index contributed by atoms with van der Waals surface area (Å²) in [5.41, 5.74) is 2.39. The normalized spacial score (nSPS) is 20.4. The summed E-state index contributed by atoms with van der Waals surface area (Å²) < 4.78 is 0. The molecule has 0 aromatic heterocycles. The molecule has 1 heterocycles. The lowest BCUT2D eigenvalue weighted by molar-refractivity contribution is -0.137. The maximum absolute atomic E-state index is 12.8. The van der Waals surface area contributed by atoms with E-state index in [-0.39, 0.29) is 24.2 Å². The van der Waals surface area contributed by atoms with E-state index in [9.17, 15) is 14.7 Å². The zero-order chi connectivity index (χ0) is 23.5. The number of phenolic OH excluding ortho intramolecular Hbond substituents is 1. The number of aromatic hydroxyl groups is 1. The van der Waals surface area contributed by atoms with Crippen LogP contribution >= 0.6 is 0 Å². The number of hydrogen-bond donors (Lipinski definition) is 2. The van der Waals surface area contributed by atoms with Crippen molar-refractivity contribution < 1.29 is 19.8 Å². The minimum atomic E-state index is -1.04. The molecule has 1 aliphatic carbocycles. The van der Waals surface area contributed by atoms with Crippen molar-refractivity contribution in [1.82, 2.24) is 14.7 Å².